The van der Waals surface area contributed by atoms with Crippen LogP contribution in [-0.4, -0.2) is 77.9 Å². The molecule has 3 unspecified atom stereocenters. The molecule has 60 heavy (non-hydrogen) atoms. The lowest BCUT2D eigenvalue weighted by Crippen LogP contribution is -2.29. The van der Waals surface area contributed by atoms with Crippen molar-refractivity contribution in [1.82, 2.24) is 0 Å². The highest BCUT2D eigenvalue weighted by atomic mass is 31.2. The van der Waals surface area contributed by atoms with E-state index in [1.54, 1.807) is 0 Å². The maximum atomic E-state index is 12.6. The number of epoxide rings is 1. The van der Waals surface area contributed by atoms with E-state index in [1.165, 1.54) is 64.2 Å². The Bertz CT molecular complexity index is 1290. The number of carbonyl (C=O) groups is 2. The molecule has 1 rings (SSSR count). The molecule has 12 heteroatoms. The number of aliphatic hydroxyl groups is 2. The zero-order valence-corrected chi connectivity index (χ0v) is 38.0. The minimum atomic E-state index is -4.65. The van der Waals surface area contributed by atoms with Crippen LogP contribution < -0.4 is 0 Å². The van der Waals surface area contributed by atoms with E-state index in [0.717, 1.165) is 64.2 Å². The number of hydrogen-bond acceptors (Lipinski definition) is 10. The van der Waals surface area contributed by atoms with Crippen molar-refractivity contribution >= 4 is 19.8 Å². The maximum Gasteiger partial charge on any atom is 0.472 e. The topological polar surface area (TPSA) is 161 Å². The average Bonchev–Trinajstić information content (AvgIpc) is 3.99. The highest BCUT2D eigenvalue weighted by Gasteiger charge is 2.36. The molecule has 0 saturated carbocycles. The van der Waals surface area contributed by atoms with Crippen molar-refractivity contribution in [2.24, 2.45) is 0 Å². The second kappa shape index (κ2) is 39.2. The first-order valence-electron chi connectivity index (χ1n) is 23.0. The van der Waals surface area contributed by atoms with Gasteiger partial charge in [-0.05, 0) is 77.0 Å². The zero-order valence-electron chi connectivity index (χ0n) is 37.1. The van der Waals surface area contributed by atoms with Gasteiger partial charge in [0.25, 0.3) is 0 Å². The number of hydrogen-bond donors (Lipinski definition) is 3. The smallest absolute Gasteiger partial charge is 0.462 e. The lowest BCUT2D eigenvalue weighted by Gasteiger charge is -2.20. The molecular formula is C48H81O11P. The van der Waals surface area contributed by atoms with E-state index in [4.69, 9.17) is 23.8 Å². The number of phosphoric acid groups is 1. The molecule has 344 valence electrons. The van der Waals surface area contributed by atoms with E-state index in [2.05, 4.69) is 79.1 Å². The van der Waals surface area contributed by atoms with Gasteiger partial charge in [0.05, 0.1) is 32.0 Å². The minimum Gasteiger partial charge on any atom is -0.462 e. The number of rotatable bonds is 41. The number of ether oxygens (including phenoxy) is 3. The molecule has 0 spiro atoms. The third kappa shape index (κ3) is 36.1. The number of carbonyl (C=O) groups excluding carboxylic acids is 2. The Morgan fingerprint density at radius 2 is 1.10 bits per heavy atom. The lowest BCUT2D eigenvalue weighted by molar-refractivity contribution is -0.161. The molecular weight excluding hydrogens is 783 g/mol. The van der Waals surface area contributed by atoms with Gasteiger partial charge in [0.15, 0.2) is 6.10 Å². The fourth-order valence-electron chi connectivity index (χ4n) is 6.11. The molecule has 0 aromatic heterocycles. The fraction of sp³-hybridized carbons (Fsp3) is 0.708. The molecule has 0 aromatic rings. The van der Waals surface area contributed by atoms with Crippen molar-refractivity contribution in [3.63, 3.8) is 0 Å². The van der Waals surface area contributed by atoms with Crippen molar-refractivity contribution in [2.45, 2.75) is 192 Å². The van der Waals surface area contributed by atoms with Crippen molar-refractivity contribution in [3.05, 3.63) is 72.9 Å². The summed E-state index contributed by atoms with van der Waals surface area (Å²) in [6, 6.07) is 0. The van der Waals surface area contributed by atoms with Crippen molar-refractivity contribution < 1.29 is 52.5 Å². The predicted molar refractivity (Wildman–Crippen MR) is 241 cm³/mol. The highest BCUT2D eigenvalue weighted by molar-refractivity contribution is 7.47. The van der Waals surface area contributed by atoms with Gasteiger partial charge < -0.3 is 29.3 Å². The van der Waals surface area contributed by atoms with Crippen LogP contribution in [-0.2, 0) is 37.4 Å². The van der Waals surface area contributed by atoms with Gasteiger partial charge in [-0.1, -0.05) is 151 Å². The Balaban J connectivity index is 2.28. The largest absolute Gasteiger partial charge is 0.472 e. The molecule has 1 aliphatic heterocycles. The normalized spacial score (nSPS) is 17.8. The number of allylic oxidation sites excluding steroid dienone is 10. The summed E-state index contributed by atoms with van der Waals surface area (Å²) < 4.78 is 38.3. The summed E-state index contributed by atoms with van der Waals surface area (Å²) in [7, 11) is -4.65. The molecule has 1 aliphatic rings. The molecule has 0 aromatic carbocycles. The van der Waals surface area contributed by atoms with Gasteiger partial charge in [-0.25, -0.2) is 4.57 Å². The van der Waals surface area contributed by atoms with Gasteiger partial charge in [-0.3, -0.25) is 18.6 Å². The average molecular weight is 865 g/mol. The molecule has 0 aliphatic carbocycles. The van der Waals surface area contributed by atoms with Gasteiger partial charge >= 0.3 is 19.8 Å². The van der Waals surface area contributed by atoms with Crippen molar-refractivity contribution in [2.75, 3.05) is 26.4 Å². The molecule has 1 saturated heterocycles. The van der Waals surface area contributed by atoms with Crippen LogP contribution >= 0.6 is 7.82 Å². The van der Waals surface area contributed by atoms with Gasteiger partial charge in [0.1, 0.15) is 12.7 Å². The molecule has 11 nitrogen and oxygen atoms in total. The third-order valence-corrected chi connectivity index (χ3v) is 10.7. The van der Waals surface area contributed by atoms with Crippen LogP contribution in [0.2, 0.25) is 0 Å². The SMILES string of the molecule is CC/C=C\CC1OC1C/C=C\C/C=C\C/C=C\C/C=C\CCC(=O)O[C@H](COC(=O)CCCCCCCCC/C=C\CCCCCCCC)COP(=O)(O)OC[C@@H](O)CO. The van der Waals surface area contributed by atoms with Gasteiger partial charge in [-0.2, -0.15) is 0 Å². The van der Waals surface area contributed by atoms with Crippen LogP contribution in [0.5, 0.6) is 0 Å². The Labute approximate surface area is 363 Å². The first kappa shape index (κ1) is 55.4. The van der Waals surface area contributed by atoms with Gasteiger partial charge in [-0.15, -0.1) is 0 Å². The Hall–Kier alpha value is -2.63. The first-order chi connectivity index (χ1) is 29.2. The second-order valence-corrected chi connectivity index (χ2v) is 16.9. The Kier molecular flexibility index (Phi) is 36.2. The van der Waals surface area contributed by atoms with Crippen LogP contribution in [0.15, 0.2) is 72.9 Å². The first-order valence-corrected chi connectivity index (χ1v) is 24.5. The third-order valence-electron chi connectivity index (χ3n) is 9.76. The standard InChI is InChI=1S/C48H81O11P/c1-3-5-7-8-9-10-11-12-13-14-15-16-20-23-26-29-33-37-47(51)55-41-44(42-57-60(53,54)56-40-43(50)39-49)58-48(52)38-34-30-27-24-21-18-17-19-22-25-28-32-36-46-45(59-46)35-31-6-4-2/h6,12-13,18-19,21-22,27-28,30-32,43-46,49-50H,3-5,7-11,14-17,20,23-26,29,33-42H2,1-2H3,(H,53,54)/b13-12-,21-18-,22-19-,30-27-,31-6-,32-28-/t43-,44+,45?,46?/m0/s1. The van der Waals surface area contributed by atoms with Gasteiger partial charge in [0.2, 0.25) is 0 Å². The molecule has 3 N–H and O–H groups in total. The van der Waals surface area contributed by atoms with Crippen LogP contribution in [0.25, 0.3) is 0 Å². The Morgan fingerprint density at radius 3 is 1.68 bits per heavy atom. The van der Waals surface area contributed by atoms with E-state index in [0.29, 0.717) is 25.0 Å². The molecule has 1 fully saturated rings. The summed E-state index contributed by atoms with van der Waals surface area (Å²) in [5, 5.41) is 18.4. The van der Waals surface area contributed by atoms with Crippen LogP contribution in [0.3, 0.4) is 0 Å². The molecule has 0 radical (unpaired) electrons. The van der Waals surface area contributed by atoms with E-state index in [1.807, 2.05) is 12.2 Å². The quantitative estimate of drug-likeness (QED) is 0.0176. The van der Waals surface area contributed by atoms with Crippen LogP contribution in [0.1, 0.15) is 168 Å². The predicted octanol–water partition coefficient (Wildman–Crippen LogP) is 11.4. The number of unbranched alkanes of at least 4 members (excludes halogenated alkanes) is 13. The summed E-state index contributed by atoms with van der Waals surface area (Å²) in [5.74, 6) is -1.04. The molecule has 0 bridgehead atoms. The lowest BCUT2D eigenvalue weighted by atomic mass is 10.1. The van der Waals surface area contributed by atoms with Crippen LogP contribution in [0.4, 0.5) is 0 Å². The summed E-state index contributed by atoms with van der Waals surface area (Å²) in [5.41, 5.74) is 0. The van der Waals surface area contributed by atoms with E-state index >= 15 is 0 Å². The molecule has 5 atom stereocenters. The summed E-state index contributed by atoms with van der Waals surface area (Å²) in [6.07, 6.45) is 47.8. The maximum absolute atomic E-state index is 12.6. The highest BCUT2D eigenvalue weighted by Crippen LogP contribution is 2.43. The van der Waals surface area contributed by atoms with Crippen LogP contribution in [0, 0.1) is 0 Å². The molecule has 1 heterocycles. The zero-order chi connectivity index (χ0) is 43.8. The monoisotopic (exact) mass is 865 g/mol. The van der Waals surface area contributed by atoms with Gasteiger partial charge in [0, 0.05) is 12.8 Å². The number of aliphatic hydroxyl groups excluding tert-OH is 2. The Morgan fingerprint density at radius 1 is 0.600 bits per heavy atom. The van der Waals surface area contributed by atoms with E-state index in [9.17, 15) is 24.2 Å². The molecule has 0 amide bonds. The second-order valence-electron chi connectivity index (χ2n) is 15.4. The number of phosphoric ester groups is 1. The van der Waals surface area contributed by atoms with Crippen molar-refractivity contribution in [3.8, 4) is 0 Å². The number of esters is 2. The van der Waals surface area contributed by atoms with E-state index in [-0.39, 0.29) is 19.4 Å². The van der Waals surface area contributed by atoms with E-state index < -0.39 is 51.8 Å². The summed E-state index contributed by atoms with van der Waals surface area (Å²) in [6.45, 7) is 2.16. The minimum absolute atomic E-state index is 0.0519. The summed E-state index contributed by atoms with van der Waals surface area (Å²) >= 11 is 0. The van der Waals surface area contributed by atoms with Crippen molar-refractivity contribution in [1.29, 1.82) is 0 Å². The summed E-state index contributed by atoms with van der Waals surface area (Å²) in [4.78, 5) is 35.0. The fourth-order valence-corrected chi connectivity index (χ4v) is 6.90.